The number of aromatic nitrogens is 1. The van der Waals surface area contributed by atoms with Crippen LogP contribution in [-0.2, 0) is 11.2 Å². The van der Waals surface area contributed by atoms with Gasteiger partial charge < -0.3 is 10.0 Å². The largest absolute Gasteiger partial charge is 0.480 e. The Bertz CT molecular complexity index is 476. The number of halogens is 1. The van der Waals surface area contributed by atoms with Gasteiger partial charge in [0.2, 0.25) is 0 Å². The van der Waals surface area contributed by atoms with Crippen molar-refractivity contribution in [3.63, 3.8) is 0 Å². The maximum absolute atomic E-state index is 12.1. The lowest BCUT2D eigenvalue weighted by Gasteiger charge is -2.21. The summed E-state index contributed by atoms with van der Waals surface area (Å²) >= 11 is 5.82. The van der Waals surface area contributed by atoms with E-state index in [1.165, 1.54) is 20.0 Å². The van der Waals surface area contributed by atoms with E-state index in [1.54, 1.807) is 6.07 Å². The third kappa shape index (κ3) is 3.20. The summed E-state index contributed by atoms with van der Waals surface area (Å²) in [6, 6.07) is 2.17. The second-order valence-corrected chi connectivity index (χ2v) is 4.34. The monoisotopic (exact) mass is 270 g/mol. The average Bonchev–Trinajstić information content (AvgIpc) is 2.34. The van der Waals surface area contributed by atoms with E-state index >= 15 is 0 Å². The first-order valence-corrected chi connectivity index (χ1v) is 5.91. The quantitative estimate of drug-likeness (QED) is 0.848. The zero-order valence-electron chi connectivity index (χ0n) is 10.5. The van der Waals surface area contributed by atoms with E-state index in [9.17, 15) is 9.59 Å². The van der Waals surface area contributed by atoms with Gasteiger partial charge in [0.25, 0.3) is 5.91 Å². The molecule has 1 heterocycles. The molecule has 0 aliphatic rings. The summed E-state index contributed by atoms with van der Waals surface area (Å²) in [5.74, 6) is -1.44. The van der Waals surface area contributed by atoms with E-state index in [4.69, 9.17) is 16.7 Å². The van der Waals surface area contributed by atoms with E-state index in [-0.39, 0.29) is 11.1 Å². The Morgan fingerprint density at radius 1 is 1.50 bits per heavy atom. The molecular weight excluding hydrogens is 256 g/mol. The molecule has 1 rings (SSSR count). The molecule has 1 aromatic heterocycles. The van der Waals surface area contributed by atoms with Crippen LogP contribution in [0.15, 0.2) is 12.1 Å². The standard InChI is InChI=1S/C12H15ClN2O3/c1-4-9-5-8(6-10(13)14-9)11(16)15(3)7(2)12(17)18/h5-7H,4H2,1-3H3,(H,17,18). The molecule has 1 N–H and O–H groups in total. The van der Waals surface area contributed by atoms with E-state index in [0.29, 0.717) is 17.7 Å². The number of hydrogen-bond acceptors (Lipinski definition) is 3. The summed E-state index contributed by atoms with van der Waals surface area (Å²) in [6.07, 6.45) is 0.652. The highest BCUT2D eigenvalue weighted by atomic mass is 35.5. The van der Waals surface area contributed by atoms with Gasteiger partial charge in [0.05, 0.1) is 0 Å². The van der Waals surface area contributed by atoms with Gasteiger partial charge >= 0.3 is 5.97 Å². The molecule has 0 fully saturated rings. The topological polar surface area (TPSA) is 70.5 Å². The highest BCUT2D eigenvalue weighted by Gasteiger charge is 2.23. The summed E-state index contributed by atoms with van der Waals surface area (Å²) in [5.41, 5.74) is 1.05. The molecule has 1 unspecified atom stereocenters. The summed E-state index contributed by atoms with van der Waals surface area (Å²) in [4.78, 5) is 28.1. The maximum atomic E-state index is 12.1. The van der Waals surface area contributed by atoms with Gasteiger partial charge in [0.15, 0.2) is 0 Å². The van der Waals surface area contributed by atoms with Crippen molar-refractivity contribution in [2.24, 2.45) is 0 Å². The van der Waals surface area contributed by atoms with Gasteiger partial charge in [-0.15, -0.1) is 0 Å². The molecule has 6 heteroatoms. The smallest absolute Gasteiger partial charge is 0.326 e. The number of hydrogen-bond donors (Lipinski definition) is 1. The van der Waals surface area contributed by atoms with Gasteiger partial charge in [0, 0.05) is 18.3 Å². The third-order valence-corrected chi connectivity index (χ3v) is 2.91. The first-order valence-electron chi connectivity index (χ1n) is 5.53. The lowest BCUT2D eigenvalue weighted by molar-refractivity contribution is -0.141. The fourth-order valence-corrected chi connectivity index (χ4v) is 1.63. The molecule has 1 aromatic rings. The molecule has 0 bridgehead atoms. The van der Waals surface area contributed by atoms with Crippen molar-refractivity contribution in [1.29, 1.82) is 0 Å². The fourth-order valence-electron chi connectivity index (χ4n) is 1.40. The molecule has 0 aromatic carbocycles. The van der Waals surface area contributed by atoms with Crippen LogP contribution in [-0.4, -0.2) is 40.0 Å². The van der Waals surface area contributed by atoms with E-state index in [1.807, 2.05) is 6.92 Å². The minimum Gasteiger partial charge on any atom is -0.480 e. The van der Waals surface area contributed by atoms with Crippen LogP contribution in [0.4, 0.5) is 0 Å². The van der Waals surface area contributed by atoms with Crippen LogP contribution in [0.25, 0.3) is 0 Å². The molecule has 0 saturated heterocycles. The molecule has 5 nitrogen and oxygen atoms in total. The molecular formula is C12H15ClN2O3. The molecule has 0 aliphatic heterocycles. The molecule has 18 heavy (non-hydrogen) atoms. The van der Waals surface area contributed by atoms with Crippen molar-refractivity contribution in [2.45, 2.75) is 26.3 Å². The number of aliphatic carboxylic acids is 1. The van der Waals surface area contributed by atoms with Crippen molar-refractivity contribution >= 4 is 23.5 Å². The van der Waals surface area contributed by atoms with Crippen molar-refractivity contribution in [3.8, 4) is 0 Å². The maximum Gasteiger partial charge on any atom is 0.326 e. The van der Waals surface area contributed by atoms with Gasteiger partial charge in [-0.05, 0) is 25.5 Å². The fraction of sp³-hybridized carbons (Fsp3) is 0.417. The van der Waals surface area contributed by atoms with Crippen LogP contribution in [0.3, 0.4) is 0 Å². The Balaban J connectivity index is 3.03. The molecule has 0 saturated carbocycles. The Morgan fingerprint density at radius 3 is 2.61 bits per heavy atom. The Hall–Kier alpha value is -1.62. The first-order chi connectivity index (χ1) is 8.36. The summed E-state index contributed by atoms with van der Waals surface area (Å²) in [7, 11) is 1.45. The molecule has 98 valence electrons. The predicted molar refractivity (Wildman–Crippen MR) is 67.8 cm³/mol. The summed E-state index contributed by atoms with van der Waals surface area (Å²) in [5, 5.41) is 9.10. The number of pyridine rings is 1. The van der Waals surface area contributed by atoms with Crippen LogP contribution in [0.2, 0.25) is 5.15 Å². The summed E-state index contributed by atoms with van der Waals surface area (Å²) < 4.78 is 0. The minimum atomic E-state index is -1.05. The predicted octanol–water partition coefficient (Wildman–Crippen LogP) is 1.84. The number of rotatable bonds is 4. The van der Waals surface area contributed by atoms with Crippen molar-refractivity contribution in [2.75, 3.05) is 7.05 Å². The zero-order chi connectivity index (χ0) is 13.9. The number of carbonyl (C=O) groups excluding carboxylic acids is 1. The van der Waals surface area contributed by atoms with Gasteiger partial charge in [0.1, 0.15) is 11.2 Å². The summed E-state index contributed by atoms with van der Waals surface area (Å²) in [6.45, 7) is 3.35. The normalized spacial score (nSPS) is 12.0. The van der Waals surface area contributed by atoms with Crippen LogP contribution >= 0.6 is 11.6 Å². The Morgan fingerprint density at radius 2 is 2.11 bits per heavy atom. The Kier molecular flexibility index (Phi) is 4.67. The number of likely N-dealkylation sites (N-methyl/N-ethyl adjacent to an activating group) is 1. The van der Waals surface area contributed by atoms with Gasteiger partial charge in [-0.3, -0.25) is 4.79 Å². The zero-order valence-corrected chi connectivity index (χ0v) is 11.2. The van der Waals surface area contributed by atoms with Gasteiger partial charge in [-0.25, -0.2) is 9.78 Å². The molecule has 0 radical (unpaired) electrons. The average molecular weight is 271 g/mol. The number of nitrogens with zero attached hydrogens (tertiary/aromatic N) is 2. The minimum absolute atomic E-state index is 0.231. The SMILES string of the molecule is CCc1cc(C(=O)N(C)C(C)C(=O)O)cc(Cl)n1. The van der Waals surface area contributed by atoms with Crippen molar-refractivity contribution in [1.82, 2.24) is 9.88 Å². The van der Waals surface area contributed by atoms with Gasteiger partial charge in [-0.1, -0.05) is 18.5 Å². The first kappa shape index (κ1) is 14.4. The van der Waals surface area contributed by atoms with E-state index in [0.717, 1.165) is 4.90 Å². The highest BCUT2D eigenvalue weighted by Crippen LogP contribution is 2.14. The molecule has 1 atom stereocenters. The number of carbonyl (C=O) groups is 2. The molecule has 0 aliphatic carbocycles. The lowest BCUT2D eigenvalue weighted by Crippen LogP contribution is -2.40. The van der Waals surface area contributed by atoms with Crippen LogP contribution in [0.5, 0.6) is 0 Å². The second-order valence-electron chi connectivity index (χ2n) is 3.95. The second kappa shape index (κ2) is 5.82. The molecule has 0 spiro atoms. The van der Waals surface area contributed by atoms with Gasteiger partial charge in [-0.2, -0.15) is 0 Å². The van der Waals surface area contributed by atoms with E-state index < -0.39 is 12.0 Å². The van der Waals surface area contributed by atoms with Crippen molar-refractivity contribution < 1.29 is 14.7 Å². The van der Waals surface area contributed by atoms with Crippen LogP contribution in [0.1, 0.15) is 29.9 Å². The number of aryl methyl sites for hydroxylation is 1. The van der Waals surface area contributed by atoms with Crippen LogP contribution < -0.4 is 0 Å². The highest BCUT2D eigenvalue weighted by molar-refractivity contribution is 6.29. The number of amides is 1. The van der Waals surface area contributed by atoms with Crippen molar-refractivity contribution in [3.05, 3.63) is 28.5 Å². The number of carboxylic acids is 1. The van der Waals surface area contributed by atoms with Crippen LogP contribution in [0, 0.1) is 0 Å². The third-order valence-electron chi connectivity index (χ3n) is 2.72. The molecule has 1 amide bonds. The lowest BCUT2D eigenvalue weighted by atomic mass is 10.1. The Labute approximate surface area is 110 Å². The van der Waals surface area contributed by atoms with E-state index in [2.05, 4.69) is 4.98 Å². The number of carboxylic acid groups (broad SMARTS) is 1.